The Morgan fingerprint density at radius 2 is 1.20 bits per heavy atom. The Morgan fingerprint density at radius 3 is 1.94 bits per heavy atom. The predicted octanol–water partition coefficient (Wildman–Crippen LogP) is 12.7. The lowest BCUT2D eigenvalue weighted by Gasteiger charge is -2.11. The summed E-state index contributed by atoms with van der Waals surface area (Å²) in [5.41, 5.74) is 9.16. The van der Waals surface area contributed by atoms with E-state index in [9.17, 15) is 0 Å². The molecular weight excluding hydrogens is 605 g/mol. The summed E-state index contributed by atoms with van der Waals surface area (Å²) in [6.45, 7) is 6.63. The van der Waals surface area contributed by atoms with E-state index in [1.54, 1.807) is 0 Å². The molecule has 1 aliphatic heterocycles. The van der Waals surface area contributed by atoms with E-state index in [0.717, 1.165) is 22.5 Å². The molecule has 1 aliphatic rings. The van der Waals surface area contributed by atoms with Crippen molar-refractivity contribution in [2.75, 3.05) is 0 Å². The van der Waals surface area contributed by atoms with Crippen molar-refractivity contribution in [3.63, 3.8) is 0 Å². The van der Waals surface area contributed by atoms with Crippen LogP contribution in [0.4, 0.5) is 5.69 Å². The van der Waals surface area contributed by atoms with Gasteiger partial charge in [0, 0.05) is 51.4 Å². The molecule has 0 radical (unpaired) electrons. The van der Waals surface area contributed by atoms with E-state index in [1.807, 2.05) is 0 Å². The van der Waals surface area contributed by atoms with Crippen LogP contribution in [-0.4, -0.2) is 14.7 Å². The Bertz CT molecular complexity index is 3010. The fourth-order valence-electron chi connectivity index (χ4n) is 8.23. The van der Waals surface area contributed by atoms with Gasteiger partial charge in [0.2, 0.25) is 11.4 Å². The molecule has 0 spiro atoms. The van der Waals surface area contributed by atoms with Crippen LogP contribution in [-0.2, 0) is 0 Å². The number of hydrogen-bond donors (Lipinski definition) is 0. The van der Waals surface area contributed by atoms with Crippen LogP contribution >= 0.6 is 0 Å². The summed E-state index contributed by atoms with van der Waals surface area (Å²) in [5.74, 6) is 0. The van der Waals surface area contributed by atoms with E-state index in [1.165, 1.54) is 76.0 Å². The van der Waals surface area contributed by atoms with Crippen molar-refractivity contribution < 1.29 is 4.58 Å². The summed E-state index contributed by atoms with van der Waals surface area (Å²) in [6.07, 6.45) is 15.0. The lowest BCUT2D eigenvalue weighted by molar-refractivity contribution is -0.358. The van der Waals surface area contributed by atoms with Crippen molar-refractivity contribution in [3.8, 4) is 0 Å². The van der Waals surface area contributed by atoms with E-state index in [4.69, 9.17) is 0 Å². The molecular formula is C48H33N2+. The Kier molecular flexibility index (Phi) is 6.28. The zero-order chi connectivity index (χ0) is 33.3. The topological polar surface area (TPSA) is 7.42 Å². The van der Waals surface area contributed by atoms with Crippen LogP contribution in [0, 0.1) is 0 Å². The fraction of sp³-hybridized carbons (Fsp3) is 0.0208. The first-order valence-corrected chi connectivity index (χ1v) is 17.2. The molecule has 0 saturated heterocycles. The first-order valence-electron chi connectivity index (χ1n) is 17.2. The molecule has 0 fully saturated rings. The maximum Gasteiger partial charge on any atom is 0.218 e. The van der Waals surface area contributed by atoms with Gasteiger partial charge < -0.3 is 4.40 Å². The molecule has 0 aliphatic carbocycles. The summed E-state index contributed by atoms with van der Waals surface area (Å²) in [6, 6.07) is 46.7. The molecule has 0 atom stereocenters. The number of allylic oxidation sites excluding steroid dienone is 8. The lowest BCUT2D eigenvalue weighted by Crippen LogP contribution is -2.11. The standard InChI is InChI=1S/C48H33N2/c1-3-13-32(33-23-26-46-44(28-33)42-21-12-20-41-40-19-8-9-22-45(40)50(46)48(41)42)29-47-31(2)14-10-11-27-49(47)34-24-25-39-37-17-5-4-15-35(37)36-16-6-7-18-38(36)43(39)30-34/h3-30H,2H2,1H3/q+1/b13-3-. The number of aromatic nitrogens is 1. The van der Waals surface area contributed by atoms with Gasteiger partial charge in [-0.15, -0.1) is 0 Å². The number of para-hydroxylation sites is 2. The van der Waals surface area contributed by atoms with Crippen LogP contribution in [0.5, 0.6) is 0 Å². The summed E-state index contributed by atoms with van der Waals surface area (Å²) in [4.78, 5) is 0. The van der Waals surface area contributed by atoms with Gasteiger partial charge in [-0.25, -0.2) is 0 Å². The lowest BCUT2D eigenvalue weighted by atomic mass is 9.94. The zero-order valence-corrected chi connectivity index (χ0v) is 27.8. The monoisotopic (exact) mass is 637 g/mol. The van der Waals surface area contributed by atoms with Crippen LogP contribution in [0.25, 0.3) is 76.0 Å². The summed E-state index contributed by atoms with van der Waals surface area (Å²) < 4.78 is 4.71. The average molecular weight is 638 g/mol. The molecule has 2 heteroatoms. The van der Waals surface area contributed by atoms with Crippen LogP contribution in [0.2, 0.25) is 0 Å². The fourth-order valence-corrected chi connectivity index (χ4v) is 8.23. The van der Waals surface area contributed by atoms with Crippen LogP contribution in [0.1, 0.15) is 12.5 Å². The molecule has 10 rings (SSSR count). The molecule has 0 saturated carbocycles. The Labute approximate surface area is 290 Å². The molecule has 0 N–H and O–H groups in total. The number of nitrogens with zero attached hydrogens (tertiary/aromatic N) is 2. The van der Waals surface area contributed by atoms with E-state index < -0.39 is 0 Å². The normalized spacial score (nSPS) is 14.3. The van der Waals surface area contributed by atoms with Crippen LogP contribution in [0.3, 0.4) is 0 Å². The van der Waals surface area contributed by atoms with Gasteiger partial charge in [-0.1, -0.05) is 116 Å². The SMILES string of the molecule is C=C1C=CC=C[N+](c2ccc3c4ccccc4c4ccccc4c3c2)=C1/C=C(\C=C/C)c1ccc2c(c1)c1cccc3c4ccccc4n2c31. The molecule has 0 bridgehead atoms. The van der Waals surface area contributed by atoms with Crippen molar-refractivity contribution in [1.29, 1.82) is 0 Å². The first-order chi connectivity index (χ1) is 24.7. The van der Waals surface area contributed by atoms with Gasteiger partial charge in [0.1, 0.15) is 0 Å². The van der Waals surface area contributed by atoms with Gasteiger partial charge in [0.15, 0.2) is 6.20 Å². The maximum absolute atomic E-state index is 4.55. The van der Waals surface area contributed by atoms with Gasteiger partial charge in [-0.3, -0.25) is 0 Å². The molecule has 9 aromatic rings. The zero-order valence-electron chi connectivity index (χ0n) is 27.8. The summed E-state index contributed by atoms with van der Waals surface area (Å²) >= 11 is 0. The summed E-state index contributed by atoms with van der Waals surface area (Å²) in [5, 5.41) is 12.7. The number of benzene rings is 7. The third-order valence-corrected chi connectivity index (χ3v) is 10.4. The molecule has 3 heterocycles. The Morgan fingerprint density at radius 1 is 0.580 bits per heavy atom. The minimum Gasteiger partial charge on any atom is -0.308 e. The van der Waals surface area contributed by atoms with E-state index in [2.05, 4.69) is 193 Å². The highest BCUT2D eigenvalue weighted by atomic mass is 15.0. The second kappa shape index (κ2) is 11.0. The smallest absolute Gasteiger partial charge is 0.218 e. The van der Waals surface area contributed by atoms with Gasteiger partial charge in [0.05, 0.1) is 16.6 Å². The second-order valence-corrected chi connectivity index (χ2v) is 13.2. The molecule has 7 aromatic carbocycles. The molecule has 0 amide bonds. The number of rotatable bonds is 4. The Hall–Kier alpha value is -6.51. The predicted molar refractivity (Wildman–Crippen MR) is 215 cm³/mol. The molecule has 2 nitrogen and oxygen atoms in total. The van der Waals surface area contributed by atoms with E-state index >= 15 is 0 Å². The molecule has 234 valence electrons. The van der Waals surface area contributed by atoms with E-state index in [0.29, 0.717) is 0 Å². The molecule has 50 heavy (non-hydrogen) atoms. The van der Waals surface area contributed by atoms with Gasteiger partial charge in [0.25, 0.3) is 0 Å². The summed E-state index contributed by atoms with van der Waals surface area (Å²) in [7, 11) is 0. The third kappa shape index (κ3) is 4.12. The molecule has 0 unspecified atom stereocenters. The first kappa shape index (κ1) is 28.5. The number of hydrogen-bond acceptors (Lipinski definition) is 0. The highest BCUT2D eigenvalue weighted by Gasteiger charge is 2.22. The van der Waals surface area contributed by atoms with Crippen LogP contribution in [0.15, 0.2) is 182 Å². The van der Waals surface area contributed by atoms with Crippen molar-refractivity contribution >= 4 is 87.4 Å². The van der Waals surface area contributed by atoms with Crippen molar-refractivity contribution in [2.24, 2.45) is 0 Å². The van der Waals surface area contributed by atoms with Gasteiger partial charge in [-0.2, -0.15) is 4.58 Å². The van der Waals surface area contributed by atoms with E-state index in [-0.39, 0.29) is 0 Å². The quantitative estimate of drug-likeness (QED) is 0.103. The minimum atomic E-state index is 0.953. The van der Waals surface area contributed by atoms with Gasteiger partial charge >= 0.3 is 0 Å². The average Bonchev–Trinajstić information content (AvgIpc) is 3.61. The maximum atomic E-state index is 4.55. The van der Waals surface area contributed by atoms with Crippen molar-refractivity contribution in [2.45, 2.75) is 6.92 Å². The number of fused-ring (bicyclic) bond motifs is 12. The second-order valence-electron chi connectivity index (χ2n) is 13.2. The third-order valence-electron chi connectivity index (χ3n) is 10.4. The highest BCUT2D eigenvalue weighted by Crippen LogP contribution is 2.40. The molecule has 2 aromatic heterocycles. The largest absolute Gasteiger partial charge is 0.308 e. The van der Waals surface area contributed by atoms with Gasteiger partial charge in [-0.05, 0) is 80.7 Å². The highest BCUT2D eigenvalue weighted by molar-refractivity contribution is 6.26. The van der Waals surface area contributed by atoms with Crippen molar-refractivity contribution in [3.05, 3.63) is 188 Å². The van der Waals surface area contributed by atoms with Crippen LogP contribution < -0.4 is 0 Å². The minimum absolute atomic E-state index is 0.953. The van der Waals surface area contributed by atoms with Crippen molar-refractivity contribution in [1.82, 2.24) is 4.40 Å². The Balaban J connectivity index is 1.20.